The summed E-state index contributed by atoms with van der Waals surface area (Å²) >= 11 is 5.31. The number of nitrogens with one attached hydrogen (secondary N) is 1. The maximum absolute atomic E-state index is 13.5. The van der Waals surface area contributed by atoms with Crippen molar-refractivity contribution in [3.05, 3.63) is 29.6 Å². The molecule has 0 atom stereocenters. The predicted molar refractivity (Wildman–Crippen MR) is 57.7 cm³/mol. The molecule has 1 amide bonds. The van der Waals surface area contributed by atoms with E-state index in [0.29, 0.717) is 5.92 Å². The quantitative estimate of drug-likeness (QED) is 0.791. The van der Waals surface area contributed by atoms with Crippen LogP contribution in [0.2, 0.25) is 0 Å². The second-order valence-corrected chi connectivity index (χ2v) is 3.96. The molecule has 80 valence electrons. The van der Waals surface area contributed by atoms with Crippen LogP contribution in [0.5, 0.6) is 0 Å². The molecule has 1 N–H and O–H groups in total. The SMILES string of the molecule is O=C(CCl)Nc1ccc(C2CC2)cc1F. The van der Waals surface area contributed by atoms with Crippen molar-refractivity contribution >= 4 is 23.2 Å². The molecule has 1 aromatic carbocycles. The smallest absolute Gasteiger partial charge is 0.239 e. The zero-order valence-electron chi connectivity index (χ0n) is 8.09. The minimum atomic E-state index is -0.394. The van der Waals surface area contributed by atoms with E-state index in [1.807, 2.05) is 6.07 Å². The third-order valence-corrected chi connectivity index (χ3v) is 2.68. The van der Waals surface area contributed by atoms with Gasteiger partial charge in [0.05, 0.1) is 5.69 Å². The largest absolute Gasteiger partial charge is 0.323 e. The van der Waals surface area contributed by atoms with Gasteiger partial charge in [0.1, 0.15) is 11.7 Å². The Hall–Kier alpha value is -1.09. The van der Waals surface area contributed by atoms with Crippen LogP contribution in [-0.2, 0) is 4.79 Å². The van der Waals surface area contributed by atoms with Crippen molar-refractivity contribution in [2.45, 2.75) is 18.8 Å². The topological polar surface area (TPSA) is 29.1 Å². The molecule has 2 nitrogen and oxygen atoms in total. The van der Waals surface area contributed by atoms with Crippen LogP contribution in [0.3, 0.4) is 0 Å². The molecule has 15 heavy (non-hydrogen) atoms. The first kappa shape index (κ1) is 10.4. The summed E-state index contributed by atoms with van der Waals surface area (Å²) in [7, 11) is 0. The van der Waals surface area contributed by atoms with E-state index < -0.39 is 11.7 Å². The van der Waals surface area contributed by atoms with Crippen molar-refractivity contribution in [2.75, 3.05) is 11.2 Å². The van der Waals surface area contributed by atoms with E-state index >= 15 is 0 Å². The van der Waals surface area contributed by atoms with Gasteiger partial charge in [0.15, 0.2) is 0 Å². The Morgan fingerprint density at radius 2 is 2.27 bits per heavy atom. The molecule has 0 heterocycles. The Balaban J connectivity index is 2.14. The summed E-state index contributed by atoms with van der Waals surface area (Å²) in [5.41, 5.74) is 1.21. The molecule has 1 aromatic rings. The molecule has 0 radical (unpaired) electrons. The van der Waals surface area contributed by atoms with Crippen molar-refractivity contribution < 1.29 is 9.18 Å². The van der Waals surface area contributed by atoms with E-state index in [0.717, 1.165) is 18.4 Å². The van der Waals surface area contributed by atoms with E-state index in [2.05, 4.69) is 5.32 Å². The fourth-order valence-electron chi connectivity index (χ4n) is 1.49. The van der Waals surface area contributed by atoms with Crippen LogP contribution < -0.4 is 5.32 Å². The second kappa shape index (κ2) is 4.19. The lowest BCUT2D eigenvalue weighted by molar-refractivity contribution is -0.113. The number of amides is 1. The summed E-state index contributed by atoms with van der Waals surface area (Å²) in [5.74, 6) is -0.436. The lowest BCUT2D eigenvalue weighted by atomic mass is 10.1. The fourth-order valence-corrected chi connectivity index (χ4v) is 1.55. The summed E-state index contributed by atoms with van der Waals surface area (Å²) in [4.78, 5) is 11.0. The van der Waals surface area contributed by atoms with Crippen LogP contribution in [0.4, 0.5) is 10.1 Å². The summed E-state index contributed by atoms with van der Waals surface area (Å²) < 4.78 is 13.5. The van der Waals surface area contributed by atoms with Crippen LogP contribution >= 0.6 is 11.6 Å². The highest BCUT2D eigenvalue weighted by atomic mass is 35.5. The third-order valence-electron chi connectivity index (χ3n) is 2.44. The van der Waals surface area contributed by atoms with E-state index in [9.17, 15) is 9.18 Å². The molecule has 2 rings (SSSR count). The Morgan fingerprint density at radius 3 is 2.80 bits per heavy atom. The molecule has 1 aliphatic rings. The zero-order valence-corrected chi connectivity index (χ0v) is 8.85. The minimum Gasteiger partial charge on any atom is -0.323 e. The molecule has 1 fully saturated rings. The van der Waals surface area contributed by atoms with Gasteiger partial charge in [-0.05, 0) is 36.5 Å². The van der Waals surface area contributed by atoms with E-state index in [1.54, 1.807) is 6.07 Å². The maximum atomic E-state index is 13.5. The number of anilines is 1. The molecule has 1 aliphatic carbocycles. The number of carbonyl (C=O) groups is 1. The molecule has 0 saturated heterocycles. The zero-order chi connectivity index (χ0) is 10.8. The van der Waals surface area contributed by atoms with Gasteiger partial charge in [0.2, 0.25) is 5.91 Å². The Morgan fingerprint density at radius 1 is 1.53 bits per heavy atom. The second-order valence-electron chi connectivity index (χ2n) is 3.70. The van der Waals surface area contributed by atoms with Crippen LogP contribution in [0.25, 0.3) is 0 Å². The van der Waals surface area contributed by atoms with Gasteiger partial charge in [-0.3, -0.25) is 4.79 Å². The van der Waals surface area contributed by atoms with Crippen molar-refractivity contribution in [2.24, 2.45) is 0 Å². The lowest BCUT2D eigenvalue weighted by Crippen LogP contribution is -2.13. The highest BCUT2D eigenvalue weighted by molar-refractivity contribution is 6.29. The summed E-state index contributed by atoms with van der Waals surface area (Å²) in [5, 5.41) is 2.40. The molecule has 0 unspecified atom stereocenters. The van der Waals surface area contributed by atoms with Gasteiger partial charge < -0.3 is 5.32 Å². The number of halogens is 2. The third kappa shape index (κ3) is 2.48. The molecule has 1 saturated carbocycles. The number of benzene rings is 1. The average molecular weight is 228 g/mol. The molecule has 0 bridgehead atoms. The molecule has 0 aromatic heterocycles. The molecule has 4 heteroatoms. The highest BCUT2D eigenvalue weighted by Crippen LogP contribution is 2.40. The summed E-state index contributed by atoms with van der Waals surface area (Å²) in [6.45, 7) is 0. The summed E-state index contributed by atoms with van der Waals surface area (Å²) in [6.07, 6.45) is 2.26. The van der Waals surface area contributed by atoms with Crippen molar-refractivity contribution in [3.63, 3.8) is 0 Å². The average Bonchev–Trinajstić information content (AvgIpc) is 3.04. The van der Waals surface area contributed by atoms with Gasteiger partial charge in [0, 0.05) is 0 Å². The first-order valence-corrected chi connectivity index (χ1v) is 5.39. The monoisotopic (exact) mass is 227 g/mol. The van der Waals surface area contributed by atoms with Crippen molar-refractivity contribution in [1.29, 1.82) is 0 Å². The number of alkyl halides is 1. The van der Waals surface area contributed by atoms with Crippen LogP contribution in [0, 0.1) is 5.82 Å². The Kier molecular flexibility index (Phi) is 2.91. The van der Waals surface area contributed by atoms with Gasteiger partial charge in [0.25, 0.3) is 0 Å². The lowest BCUT2D eigenvalue weighted by Gasteiger charge is -2.06. The number of rotatable bonds is 3. The van der Waals surface area contributed by atoms with Gasteiger partial charge in [-0.2, -0.15) is 0 Å². The van der Waals surface area contributed by atoms with Crippen LogP contribution in [-0.4, -0.2) is 11.8 Å². The van der Waals surface area contributed by atoms with E-state index in [4.69, 9.17) is 11.6 Å². The van der Waals surface area contributed by atoms with Crippen molar-refractivity contribution in [1.82, 2.24) is 0 Å². The van der Waals surface area contributed by atoms with Gasteiger partial charge in [-0.25, -0.2) is 4.39 Å². The van der Waals surface area contributed by atoms with E-state index in [1.165, 1.54) is 6.07 Å². The first-order valence-electron chi connectivity index (χ1n) is 4.86. The molecular weight excluding hydrogens is 217 g/mol. The highest BCUT2D eigenvalue weighted by Gasteiger charge is 2.24. The van der Waals surface area contributed by atoms with Gasteiger partial charge in [-0.1, -0.05) is 6.07 Å². The Labute approximate surface area is 92.4 Å². The van der Waals surface area contributed by atoms with Crippen molar-refractivity contribution in [3.8, 4) is 0 Å². The number of hydrogen-bond donors (Lipinski definition) is 1. The number of hydrogen-bond acceptors (Lipinski definition) is 1. The normalized spacial score (nSPS) is 15.1. The van der Waals surface area contributed by atoms with Crippen LogP contribution in [0.15, 0.2) is 18.2 Å². The standard InChI is InChI=1S/C11H11ClFNO/c12-6-11(15)14-10-4-3-8(5-9(10)13)7-1-2-7/h3-5,7H,1-2,6H2,(H,14,15). The van der Waals surface area contributed by atoms with Gasteiger partial charge >= 0.3 is 0 Å². The molecule has 0 aliphatic heterocycles. The van der Waals surface area contributed by atoms with Gasteiger partial charge in [-0.15, -0.1) is 11.6 Å². The number of carbonyl (C=O) groups excluding carboxylic acids is 1. The fraction of sp³-hybridized carbons (Fsp3) is 0.364. The predicted octanol–water partition coefficient (Wildman–Crippen LogP) is 2.88. The molecule has 0 spiro atoms. The molecular formula is C11H11ClFNO. The first-order chi connectivity index (χ1) is 7.20. The van der Waals surface area contributed by atoms with Crippen LogP contribution in [0.1, 0.15) is 24.3 Å². The maximum Gasteiger partial charge on any atom is 0.239 e. The Bertz CT molecular complexity index is 390. The summed E-state index contributed by atoms with van der Waals surface area (Å²) in [6, 6.07) is 4.93. The van der Waals surface area contributed by atoms with E-state index in [-0.39, 0.29) is 11.6 Å². The minimum absolute atomic E-state index is 0.163.